The first-order valence-corrected chi connectivity index (χ1v) is 6.22. The number of benzene rings is 1. The van der Waals surface area contributed by atoms with Crippen LogP contribution in [0, 0.1) is 0 Å². The Balaban J connectivity index is 1.93. The van der Waals surface area contributed by atoms with Crippen LogP contribution >= 0.6 is 15.9 Å². The average Bonchev–Trinajstić information content (AvgIpc) is 2.38. The van der Waals surface area contributed by atoms with Crippen molar-refractivity contribution in [3.05, 3.63) is 34.3 Å². The van der Waals surface area contributed by atoms with E-state index >= 15 is 0 Å². The molecule has 0 radical (unpaired) electrons. The lowest BCUT2D eigenvalue weighted by Crippen LogP contribution is -2.30. The minimum absolute atomic E-state index is 0.174. The number of carbonyl (C=O) groups excluding carboxylic acids is 2. The fourth-order valence-corrected chi connectivity index (χ4v) is 1.86. The van der Waals surface area contributed by atoms with Gasteiger partial charge in [-0.3, -0.25) is 4.79 Å². The predicted molar refractivity (Wildman–Crippen MR) is 68.7 cm³/mol. The quantitative estimate of drug-likeness (QED) is 0.865. The topological polar surface area (TPSA) is 67.8 Å². The molecule has 0 aliphatic carbocycles. The van der Waals surface area contributed by atoms with Crippen LogP contribution in [0.4, 0.5) is 0 Å². The summed E-state index contributed by atoms with van der Waals surface area (Å²) in [7, 11) is 0. The van der Waals surface area contributed by atoms with Gasteiger partial charge in [-0.2, -0.15) is 5.10 Å². The highest BCUT2D eigenvalue weighted by molar-refractivity contribution is 9.10. The first kappa shape index (κ1) is 12.8. The Morgan fingerprint density at radius 3 is 2.83 bits per heavy atom. The Morgan fingerprint density at radius 2 is 2.17 bits per heavy atom. The minimum Gasteiger partial charge on any atom is -0.456 e. The minimum atomic E-state index is -0.495. The summed E-state index contributed by atoms with van der Waals surface area (Å²) in [4.78, 5) is 22.5. The molecule has 1 aliphatic heterocycles. The molecule has 1 amide bonds. The van der Waals surface area contributed by atoms with Gasteiger partial charge in [0.1, 0.15) is 12.3 Å². The van der Waals surface area contributed by atoms with E-state index in [0.29, 0.717) is 6.42 Å². The van der Waals surface area contributed by atoms with Crippen LogP contribution in [0.5, 0.6) is 0 Å². The molecule has 94 valence electrons. The number of nitrogens with one attached hydrogen (secondary N) is 1. The second kappa shape index (κ2) is 5.77. The van der Waals surface area contributed by atoms with Crippen molar-refractivity contribution < 1.29 is 14.3 Å². The van der Waals surface area contributed by atoms with Gasteiger partial charge in [-0.05, 0) is 6.07 Å². The number of ether oxygens (including phenoxy) is 1. The van der Waals surface area contributed by atoms with Gasteiger partial charge in [-0.15, -0.1) is 0 Å². The van der Waals surface area contributed by atoms with Crippen molar-refractivity contribution in [2.45, 2.75) is 19.4 Å². The van der Waals surface area contributed by atoms with Crippen LogP contribution in [0.15, 0.2) is 33.8 Å². The van der Waals surface area contributed by atoms with Crippen molar-refractivity contribution in [3.63, 3.8) is 0 Å². The van der Waals surface area contributed by atoms with Gasteiger partial charge in [0.2, 0.25) is 5.91 Å². The van der Waals surface area contributed by atoms with E-state index < -0.39 is 5.97 Å². The van der Waals surface area contributed by atoms with Crippen molar-refractivity contribution in [1.29, 1.82) is 0 Å². The van der Waals surface area contributed by atoms with E-state index in [0.717, 1.165) is 10.0 Å². The number of esters is 1. The van der Waals surface area contributed by atoms with Gasteiger partial charge in [-0.25, -0.2) is 10.2 Å². The SMILES string of the molecule is O=C1CCC(C(=O)OCc2ccccc2Br)=NN1. The summed E-state index contributed by atoms with van der Waals surface area (Å²) in [6.45, 7) is 0.174. The van der Waals surface area contributed by atoms with E-state index in [2.05, 4.69) is 26.5 Å². The summed E-state index contributed by atoms with van der Waals surface area (Å²) in [5, 5.41) is 3.68. The molecule has 2 rings (SSSR count). The molecule has 1 aromatic rings. The third kappa shape index (κ3) is 3.16. The highest BCUT2D eigenvalue weighted by Gasteiger charge is 2.19. The largest absolute Gasteiger partial charge is 0.456 e. The Bertz CT molecular complexity index is 514. The molecule has 1 heterocycles. The lowest BCUT2D eigenvalue weighted by Gasteiger charge is -2.11. The predicted octanol–water partition coefficient (Wildman–Crippen LogP) is 1.76. The molecule has 0 unspecified atom stereocenters. The molecule has 0 spiro atoms. The first-order valence-electron chi connectivity index (χ1n) is 5.43. The number of carbonyl (C=O) groups is 2. The second-order valence-electron chi connectivity index (χ2n) is 3.76. The standard InChI is InChI=1S/C12H11BrN2O3/c13-9-4-2-1-3-8(9)7-18-12(17)10-5-6-11(16)15-14-10/h1-4H,5-7H2,(H,15,16). The Hall–Kier alpha value is -1.69. The molecule has 1 aliphatic rings. The molecule has 0 atom stereocenters. The van der Waals surface area contributed by atoms with Gasteiger partial charge in [0, 0.05) is 22.9 Å². The molecule has 6 heteroatoms. The normalized spacial score (nSPS) is 14.7. The summed E-state index contributed by atoms with van der Waals surface area (Å²) in [6.07, 6.45) is 0.587. The molecule has 1 N–H and O–H groups in total. The fourth-order valence-electron chi connectivity index (χ4n) is 1.46. The number of rotatable bonds is 3. The first-order chi connectivity index (χ1) is 8.66. The summed E-state index contributed by atoms with van der Waals surface area (Å²) >= 11 is 3.37. The van der Waals surface area contributed by atoms with E-state index in [-0.39, 0.29) is 24.6 Å². The summed E-state index contributed by atoms with van der Waals surface area (Å²) in [5.74, 6) is -0.678. The maximum absolute atomic E-state index is 11.7. The van der Waals surface area contributed by atoms with E-state index in [1.807, 2.05) is 24.3 Å². The summed E-state index contributed by atoms with van der Waals surface area (Å²) in [5.41, 5.74) is 3.39. The smallest absolute Gasteiger partial charge is 0.354 e. The number of hydrogen-bond acceptors (Lipinski definition) is 4. The molecular formula is C12H11BrN2O3. The third-order valence-corrected chi connectivity index (χ3v) is 3.23. The zero-order valence-electron chi connectivity index (χ0n) is 9.48. The van der Waals surface area contributed by atoms with Crippen molar-refractivity contribution in [1.82, 2.24) is 5.43 Å². The van der Waals surface area contributed by atoms with Gasteiger partial charge in [0.05, 0.1) is 0 Å². The maximum Gasteiger partial charge on any atom is 0.354 e. The van der Waals surface area contributed by atoms with Crippen LogP contribution in [-0.4, -0.2) is 17.6 Å². The lowest BCUT2D eigenvalue weighted by molar-refractivity contribution is -0.137. The Morgan fingerprint density at radius 1 is 1.39 bits per heavy atom. The van der Waals surface area contributed by atoms with E-state index in [9.17, 15) is 9.59 Å². The molecule has 0 saturated heterocycles. The molecule has 0 saturated carbocycles. The van der Waals surface area contributed by atoms with Crippen LogP contribution in [0.3, 0.4) is 0 Å². The fraction of sp³-hybridized carbons (Fsp3) is 0.250. The van der Waals surface area contributed by atoms with Crippen LogP contribution in [0.1, 0.15) is 18.4 Å². The molecule has 18 heavy (non-hydrogen) atoms. The molecule has 1 aromatic carbocycles. The highest BCUT2D eigenvalue weighted by Crippen LogP contribution is 2.16. The molecule has 0 bridgehead atoms. The number of nitrogens with zero attached hydrogens (tertiary/aromatic N) is 1. The van der Waals surface area contributed by atoms with Crippen molar-refractivity contribution >= 4 is 33.5 Å². The van der Waals surface area contributed by atoms with Gasteiger partial charge in [-0.1, -0.05) is 34.1 Å². The van der Waals surface area contributed by atoms with Crippen molar-refractivity contribution in [2.24, 2.45) is 5.10 Å². The number of amides is 1. The third-order valence-electron chi connectivity index (χ3n) is 2.46. The van der Waals surface area contributed by atoms with E-state index in [1.165, 1.54) is 0 Å². The molecule has 5 nitrogen and oxygen atoms in total. The van der Waals surface area contributed by atoms with Crippen LogP contribution < -0.4 is 5.43 Å². The van der Waals surface area contributed by atoms with Gasteiger partial charge in [0.15, 0.2) is 0 Å². The molecule has 0 fully saturated rings. The van der Waals surface area contributed by atoms with E-state index in [4.69, 9.17) is 4.74 Å². The summed E-state index contributed by atoms with van der Waals surface area (Å²) in [6, 6.07) is 7.49. The van der Waals surface area contributed by atoms with Gasteiger partial charge >= 0.3 is 5.97 Å². The van der Waals surface area contributed by atoms with Crippen molar-refractivity contribution in [3.8, 4) is 0 Å². The van der Waals surface area contributed by atoms with Crippen LogP contribution in [0.2, 0.25) is 0 Å². The van der Waals surface area contributed by atoms with Crippen LogP contribution in [-0.2, 0) is 20.9 Å². The number of halogens is 1. The average molecular weight is 311 g/mol. The Kier molecular flexibility index (Phi) is 4.09. The van der Waals surface area contributed by atoms with Crippen molar-refractivity contribution in [2.75, 3.05) is 0 Å². The maximum atomic E-state index is 11.7. The highest BCUT2D eigenvalue weighted by atomic mass is 79.9. The monoisotopic (exact) mass is 310 g/mol. The van der Waals surface area contributed by atoms with E-state index in [1.54, 1.807) is 0 Å². The van der Waals surface area contributed by atoms with Crippen LogP contribution in [0.25, 0.3) is 0 Å². The zero-order chi connectivity index (χ0) is 13.0. The Labute approximate surface area is 112 Å². The van der Waals surface area contributed by atoms with Gasteiger partial charge in [0.25, 0.3) is 0 Å². The second-order valence-corrected chi connectivity index (χ2v) is 4.62. The molecular weight excluding hydrogens is 300 g/mol. The van der Waals surface area contributed by atoms with Gasteiger partial charge < -0.3 is 4.74 Å². The lowest BCUT2D eigenvalue weighted by atomic mass is 10.2. The number of hydrogen-bond donors (Lipinski definition) is 1. The zero-order valence-corrected chi connectivity index (χ0v) is 11.1. The number of hydrazone groups is 1. The summed E-state index contributed by atoms with van der Waals surface area (Å²) < 4.78 is 6.02. The molecule has 0 aromatic heterocycles.